The number of imide groups is 1. The summed E-state index contributed by atoms with van der Waals surface area (Å²) in [6.45, 7) is -0.631. The molecule has 232 valence electrons. The molecule has 0 unspecified atom stereocenters. The molecular formula is C33H23Cl2N3O8. The van der Waals surface area contributed by atoms with Gasteiger partial charge < -0.3 is 4.74 Å². The second kappa shape index (κ2) is 11.2. The molecule has 46 heavy (non-hydrogen) atoms. The highest BCUT2D eigenvalue weighted by Gasteiger charge is 2.68. The van der Waals surface area contributed by atoms with Crippen LogP contribution in [-0.4, -0.2) is 51.0 Å². The Morgan fingerprint density at radius 3 is 1.96 bits per heavy atom. The molecule has 3 aromatic rings. The second-order valence-corrected chi connectivity index (χ2v) is 12.6. The number of ether oxygens (including phenoxy) is 1. The summed E-state index contributed by atoms with van der Waals surface area (Å²) in [5.41, 5.74) is 0.0724. The molecule has 11 nitrogen and oxygen atoms in total. The number of carbonyl (C=O) groups is 5. The lowest BCUT2D eigenvalue weighted by Gasteiger charge is -2.37. The third kappa shape index (κ3) is 4.96. The number of nitrogens with zero attached hydrogens (tertiary/aromatic N) is 3. The highest BCUT2D eigenvalue weighted by molar-refractivity contribution is 6.42. The Labute approximate surface area is 271 Å². The SMILES string of the molecule is O=C(CN(C(=O)c1ccc(Cl)c(Cl)c1)N1C(=O)[C@@H]2[C@H]3C=C[C@@H]([C@@H]4C[C@H]34)[C@H]2C1=O)c1ccc(OC(=O)c2ccc([N+](=O)[O-])cc2)cc1. The van der Waals surface area contributed by atoms with E-state index in [0.29, 0.717) is 11.8 Å². The lowest BCUT2D eigenvalue weighted by atomic mass is 9.63. The topological polar surface area (TPSA) is 144 Å². The minimum absolute atomic E-state index is 0.0371. The number of allylic oxidation sites excluding steroid dienone is 2. The van der Waals surface area contributed by atoms with Crippen LogP contribution in [0.15, 0.2) is 78.9 Å². The van der Waals surface area contributed by atoms with Gasteiger partial charge in [0.2, 0.25) is 0 Å². The molecule has 3 aromatic carbocycles. The van der Waals surface area contributed by atoms with E-state index in [2.05, 4.69) is 0 Å². The molecule has 0 N–H and O–H groups in total. The summed E-state index contributed by atoms with van der Waals surface area (Å²) in [6, 6.07) is 14.5. The number of hydrogen-bond acceptors (Lipinski definition) is 8. The number of nitro benzene ring substituents is 1. The number of Topliss-reactive ketones (excluding diaryl/α,β-unsaturated/α-hetero) is 1. The summed E-state index contributed by atoms with van der Waals surface area (Å²) < 4.78 is 5.32. The van der Waals surface area contributed by atoms with Gasteiger partial charge in [0.1, 0.15) is 12.3 Å². The quantitative estimate of drug-likeness (QED) is 0.0593. The van der Waals surface area contributed by atoms with Gasteiger partial charge in [-0.1, -0.05) is 35.4 Å². The lowest BCUT2D eigenvalue weighted by molar-refractivity contribution is -0.384. The van der Waals surface area contributed by atoms with Crippen LogP contribution in [0.5, 0.6) is 5.75 Å². The molecule has 3 amide bonds. The lowest BCUT2D eigenvalue weighted by Crippen LogP contribution is -2.52. The number of hydrazine groups is 1. The number of benzene rings is 3. The van der Waals surface area contributed by atoms with Crippen LogP contribution in [0.3, 0.4) is 0 Å². The van der Waals surface area contributed by atoms with Gasteiger partial charge in [-0.3, -0.25) is 29.3 Å². The van der Waals surface area contributed by atoms with Crippen LogP contribution < -0.4 is 4.74 Å². The van der Waals surface area contributed by atoms with Crippen molar-refractivity contribution in [1.29, 1.82) is 0 Å². The third-order valence-corrected chi connectivity index (χ3v) is 10.0. The van der Waals surface area contributed by atoms with E-state index in [1.807, 2.05) is 12.2 Å². The molecule has 2 bridgehead atoms. The highest BCUT2D eigenvalue weighted by Crippen LogP contribution is 2.65. The maximum atomic E-state index is 13.9. The minimum atomic E-state index is -0.772. The zero-order chi connectivity index (χ0) is 32.4. The molecule has 3 fully saturated rings. The number of nitro groups is 1. The van der Waals surface area contributed by atoms with E-state index in [1.165, 1.54) is 66.7 Å². The van der Waals surface area contributed by atoms with Crippen molar-refractivity contribution in [3.05, 3.63) is 116 Å². The van der Waals surface area contributed by atoms with E-state index in [9.17, 15) is 34.1 Å². The van der Waals surface area contributed by atoms with Crippen molar-refractivity contribution in [3.8, 4) is 5.75 Å². The summed E-state index contributed by atoms with van der Waals surface area (Å²) >= 11 is 12.2. The van der Waals surface area contributed by atoms with E-state index >= 15 is 0 Å². The minimum Gasteiger partial charge on any atom is -0.423 e. The van der Waals surface area contributed by atoms with E-state index in [-0.39, 0.29) is 50.0 Å². The maximum Gasteiger partial charge on any atom is 0.343 e. The molecule has 0 aromatic heterocycles. The molecule has 4 aliphatic carbocycles. The molecule has 6 atom stereocenters. The predicted octanol–water partition coefficient (Wildman–Crippen LogP) is 5.41. The second-order valence-electron chi connectivity index (χ2n) is 11.8. The number of amides is 3. The Hall–Kier alpha value is -4.87. The zero-order valence-electron chi connectivity index (χ0n) is 23.7. The normalized spacial score (nSPS) is 25.1. The Bertz CT molecular complexity index is 1840. The first-order valence-electron chi connectivity index (χ1n) is 14.5. The van der Waals surface area contributed by atoms with Gasteiger partial charge in [-0.15, -0.1) is 0 Å². The standard InChI is InChI=1S/C33H23Cl2N3O8/c34-25-12-5-18(13-26(25)35)30(40)36(37-31(41)28-21-10-11-22(24-14-23(21)24)29(28)32(37)42)15-27(39)16-3-8-20(9-4-16)46-33(43)17-1-6-19(7-2-17)38(44)45/h1-13,21-24,28-29H,14-15H2/t21-,22-,23-,24+,28+,29+/m0/s1. The average molecular weight is 660 g/mol. The third-order valence-electron chi connectivity index (χ3n) is 9.28. The van der Waals surface area contributed by atoms with Gasteiger partial charge in [-0.25, -0.2) is 9.80 Å². The van der Waals surface area contributed by atoms with Crippen LogP contribution in [0.25, 0.3) is 0 Å². The van der Waals surface area contributed by atoms with Gasteiger partial charge >= 0.3 is 5.97 Å². The van der Waals surface area contributed by atoms with Gasteiger partial charge in [-0.05, 0) is 84.7 Å². The van der Waals surface area contributed by atoms with Gasteiger partial charge in [0.05, 0.1) is 32.4 Å². The zero-order valence-corrected chi connectivity index (χ0v) is 25.3. The van der Waals surface area contributed by atoms with Crippen molar-refractivity contribution in [1.82, 2.24) is 10.0 Å². The van der Waals surface area contributed by atoms with Crippen LogP contribution in [0.2, 0.25) is 10.0 Å². The number of rotatable bonds is 8. The monoisotopic (exact) mass is 659 g/mol. The van der Waals surface area contributed by atoms with Crippen LogP contribution >= 0.6 is 23.2 Å². The van der Waals surface area contributed by atoms with Crippen molar-refractivity contribution < 1.29 is 33.6 Å². The molecule has 0 radical (unpaired) electrons. The van der Waals surface area contributed by atoms with Crippen molar-refractivity contribution in [2.45, 2.75) is 6.42 Å². The van der Waals surface area contributed by atoms with Crippen LogP contribution in [0.4, 0.5) is 5.69 Å². The molecule has 1 saturated heterocycles. The summed E-state index contributed by atoms with van der Waals surface area (Å²) in [7, 11) is 0. The fraction of sp³-hybridized carbons (Fsp3) is 0.242. The first kappa shape index (κ1) is 29.8. The molecule has 1 aliphatic heterocycles. The summed E-state index contributed by atoms with van der Waals surface area (Å²) in [4.78, 5) is 78.0. The number of esters is 1. The smallest absolute Gasteiger partial charge is 0.343 e. The first-order valence-corrected chi connectivity index (χ1v) is 15.2. The largest absolute Gasteiger partial charge is 0.423 e. The number of non-ortho nitro benzene ring substituents is 1. The number of carbonyl (C=O) groups excluding carboxylic acids is 5. The molecule has 1 heterocycles. The molecular weight excluding hydrogens is 637 g/mol. The van der Waals surface area contributed by atoms with Crippen molar-refractivity contribution in [2.75, 3.05) is 6.54 Å². The van der Waals surface area contributed by atoms with Crippen molar-refractivity contribution in [3.63, 3.8) is 0 Å². The molecule has 8 rings (SSSR count). The first-order chi connectivity index (χ1) is 22.0. The van der Waals surface area contributed by atoms with Crippen molar-refractivity contribution >= 4 is 58.4 Å². The fourth-order valence-electron chi connectivity index (χ4n) is 7.01. The Balaban J connectivity index is 1.12. The summed E-state index contributed by atoms with van der Waals surface area (Å²) in [6.07, 6.45) is 5.00. The fourth-order valence-corrected chi connectivity index (χ4v) is 7.31. The molecule has 2 saturated carbocycles. The molecule has 13 heteroatoms. The van der Waals surface area contributed by atoms with E-state index in [1.54, 1.807) is 0 Å². The van der Waals surface area contributed by atoms with Gasteiger partial charge in [0.25, 0.3) is 23.4 Å². The van der Waals surface area contributed by atoms with Crippen LogP contribution in [-0.2, 0) is 9.59 Å². The maximum absolute atomic E-state index is 13.9. The van der Waals surface area contributed by atoms with Gasteiger partial charge in [0, 0.05) is 23.3 Å². The van der Waals surface area contributed by atoms with E-state index in [4.69, 9.17) is 27.9 Å². The summed E-state index contributed by atoms with van der Waals surface area (Å²) in [5, 5.41) is 12.9. The van der Waals surface area contributed by atoms with E-state index < -0.39 is 52.8 Å². The van der Waals surface area contributed by atoms with Gasteiger partial charge in [0.15, 0.2) is 5.78 Å². The predicted molar refractivity (Wildman–Crippen MR) is 163 cm³/mol. The summed E-state index contributed by atoms with van der Waals surface area (Å²) in [5.74, 6) is -3.67. The number of halogens is 2. The Kier molecular flexibility index (Phi) is 7.25. The molecule has 0 spiro atoms. The highest BCUT2D eigenvalue weighted by atomic mass is 35.5. The van der Waals surface area contributed by atoms with Crippen LogP contribution in [0.1, 0.15) is 37.5 Å². The Morgan fingerprint density at radius 1 is 0.826 bits per heavy atom. The average Bonchev–Trinajstić information content (AvgIpc) is 3.84. The Morgan fingerprint density at radius 2 is 1.39 bits per heavy atom. The number of ketones is 1. The molecule has 5 aliphatic rings. The number of hydrogen-bond donors (Lipinski definition) is 0. The van der Waals surface area contributed by atoms with E-state index in [0.717, 1.165) is 16.4 Å². The van der Waals surface area contributed by atoms with Gasteiger partial charge in [-0.2, -0.15) is 5.01 Å². The van der Waals surface area contributed by atoms with Crippen LogP contribution in [0, 0.1) is 45.6 Å². The van der Waals surface area contributed by atoms with Crippen molar-refractivity contribution in [2.24, 2.45) is 35.5 Å².